The molecule has 0 spiro atoms. The summed E-state index contributed by atoms with van der Waals surface area (Å²) in [4.78, 5) is 23.1. The van der Waals surface area contributed by atoms with Crippen molar-refractivity contribution in [1.29, 1.82) is 0 Å². The second-order valence-corrected chi connectivity index (χ2v) is 8.75. The molecule has 3 heterocycles. The number of pyridine rings is 1. The third kappa shape index (κ3) is 3.86. The van der Waals surface area contributed by atoms with Crippen LogP contribution in [-0.4, -0.2) is 40.9 Å². The number of imidazole rings is 1. The van der Waals surface area contributed by atoms with Crippen LogP contribution in [0.15, 0.2) is 72.9 Å². The molecule has 0 radical (unpaired) electrons. The topological polar surface area (TPSA) is 81.5 Å². The van der Waals surface area contributed by atoms with Crippen molar-refractivity contribution >= 4 is 39.7 Å². The van der Waals surface area contributed by atoms with Crippen molar-refractivity contribution < 1.29 is 14.3 Å². The number of benzene rings is 3. The molecule has 0 unspecified atom stereocenters. The monoisotopic (exact) mass is 479 g/mol. The molecule has 1 N–H and O–H groups in total. The number of rotatable bonds is 3. The molecule has 36 heavy (non-hydrogen) atoms. The summed E-state index contributed by atoms with van der Waals surface area (Å²) in [5, 5.41) is 3.79. The lowest BCUT2D eigenvalue weighted by atomic mass is 10.0. The summed E-state index contributed by atoms with van der Waals surface area (Å²) in [7, 11) is 3.19. The molecule has 1 aliphatic heterocycles. The van der Waals surface area contributed by atoms with Crippen LogP contribution < -0.4 is 15.0 Å². The van der Waals surface area contributed by atoms with E-state index in [2.05, 4.69) is 50.5 Å². The van der Waals surface area contributed by atoms with Crippen LogP contribution in [0.2, 0.25) is 0 Å². The summed E-state index contributed by atoms with van der Waals surface area (Å²) in [6, 6.07) is 22.7. The Morgan fingerprint density at radius 1 is 1.03 bits per heavy atom. The number of anilines is 2. The number of ether oxygens (including phenoxy) is 2. The number of hydrogen-bond donors (Lipinski definition) is 1. The molecule has 0 saturated carbocycles. The minimum atomic E-state index is -0.550. The standard InChI is InChI=1S/C28H25N5O3/c1-32-25-9-7-19(16-23(25)30-27(32)31-28(34)35-2)18-8-10-26-20(15-18)17-33(13-14-36-26)24-11-12-29-22-6-4-3-5-21(22)24/h3-12,15-16H,13-14,17H2,1-2H3,(H,30,31,34). The Morgan fingerprint density at radius 2 is 1.86 bits per heavy atom. The Balaban J connectivity index is 1.35. The number of fused-ring (bicyclic) bond motifs is 3. The molecule has 8 heteroatoms. The highest BCUT2D eigenvalue weighted by Gasteiger charge is 2.19. The van der Waals surface area contributed by atoms with Gasteiger partial charge >= 0.3 is 6.09 Å². The molecule has 180 valence electrons. The van der Waals surface area contributed by atoms with Crippen molar-refractivity contribution in [2.45, 2.75) is 6.54 Å². The molecule has 0 bridgehead atoms. The first-order chi connectivity index (χ1) is 17.6. The van der Waals surface area contributed by atoms with E-state index in [9.17, 15) is 4.79 Å². The van der Waals surface area contributed by atoms with Crippen molar-refractivity contribution in [3.63, 3.8) is 0 Å². The van der Waals surface area contributed by atoms with Crippen molar-refractivity contribution in [2.24, 2.45) is 7.05 Å². The maximum atomic E-state index is 11.7. The fourth-order valence-electron chi connectivity index (χ4n) is 4.77. The number of carbonyl (C=O) groups is 1. The third-order valence-electron chi connectivity index (χ3n) is 6.62. The molecule has 2 aromatic heterocycles. The molecule has 0 fully saturated rings. The van der Waals surface area contributed by atoms with Crippen LogP contribution in [0.5, 0.6) is 5.75 Å². The summed E-state index contributed by atoms with van der Waals surface area (Å²) in [6.45, 7) is 2.13. The van der Waals surface area contributed by atoms with E-state index in [0.29, 0.717) is 12.6 Å². The van der Waals surface area contributed by atoms with E-state index in [1.54, 1.807) is 0 Å². The zero-order chi connectivity index (χ0) is 24.6. The lowest BCUT2D eigenvalue weighted by Gasteiger charge is -2.23. The zero-order valence-electron chi connectivity index (χ0n) is 20.1. The summed E-state index contributed by atoms with van der Waals surface area (Å²) in [6.07, 6.45) is 1.32. The predicted octanol–water partition coefficient (Wildman–Crippen LogP) is 5.37. The molecule has 6 rings (SSSR count). The molecular weight excluding hydrogens is 454 g/mol. The van der Waals surface area contributed by atoms with Crippen LogP contribution in [0.4, 0.5) is 16.4 Å². The van der Waals surface area contributed by atoms with E-state index < -0.39 is 6.09 Å². The van der Waals surface area contributed by atoms with E-state index in [0.717, 1.165) is 63.2 Å². The highest BCUT2D eigenvalue weighted by Crippen LogP contribution is 2.34. The molecule has 3 aromatic carbocycles. The Bertz CT molecular complexity index is 1600. The van der Waals surface area contributed by atoms with Crippen molar-refractivity contribution in [1.82, 2.24) is 14.5 Å². The van der Waals surface area contributed by atoms with Crippen molar-refractivity contribution in [3.8, 4) is 16.9 Å². The first kappa shape index (κ1) is 21.9. The summed E-state index contributed by atoms with van der Waals surface area (Å²) < 4.78 is 12.6. The second kappa shape index (κ2) is 8.88. The van der Waals surface area contributed by atoms with Crippen LogP contribution in [-0.2, 0) is 18.3 Å². The largest absolute Gasteiger partial charge is 0.491 e. The van der Waals surface area contributed by atoms with E-state index in [1.165, 1.54) is 7.11 Å². The zero-order valence-corrected chi connectivity index (χ0v) is 20.1. The lowest BCUT2D eigenvalue weighted by Crippen LogP contribution is -2.25. The number of aromatic nitrogens is 3. The van der Waals surface area contributed by atoms with Gasteiger partial charge in [0, 0.05) is 36.4 Å². The van der Waals surface area contributed by atoms with E-state index >= 15 is 0 Å². The third-order valence-corrected chi connectivity index (χ3v) is 6.62. The van der Waals surface area contributed by atoms with E-state index in [1.807, 2.05) is 54.2 Å². The Labute approximate surface area is 208 Å². The number of hydrogen-bond acceptors (Lipinski definition) is 6. The lowest BCUT2D eigenvalue weighted by molar-refractivity contribution is 0.186. The number of aryl methyl sites for hydroxylation is 1. The van der Waals surface area contributed by atoms with Gasteiger partial charge in [0.1, 0.15) is 12.4 Å². The minimum absolute atomic E-state index is 0.435. The van der Waals surface area contributed by atoms with Crippen LogP contribution in [0.25, 0.3) is 33.1 Å². The van der Waals surface area contributed by atoms with Gasteiger partial charge < -0.3 is 18.9 Å². The average molecular weight is 480 g/mol. The molecule has 0 atom stereocenters. The van der Waals surface area contributed by atoms with Crippen LogP contribution in [0, 0.1) is 0 Å². The van der Waals surface area contributed by atoms with Crippen molar-refractivity contribution in [3.05, 3.63) is 78.5 Å². The van der Waals surface area contributed by atoms with Gasteiger partial charge in [0.15, 0.2) is 0 Å². The Kier molecular flexibility index (Phi) is 5.41. The van der Waals surface area contributed by atoms with Gasteiger partial charge in [-0.1, -0.05) is 30.3 Å². The smallest absolute Gasteiger partial charge is 0.413 e. The Hall–Kier alpha value is -4.59. The van der Waals surface area contributed by atoms with Crippen LogP contribution >= 0.6 is 0 Å². The second-order valence-electron chi connectivity index (χ2n) is 8.75. The van der Waals surface area contributed by atoms with Gasteiger partial charge in [-0.25, -0.2) is 9.78 Å². The maximum Gasteiger partial charge on any atom is 0.413 e. The summed E-state index contributed by atoms with van der Waals surface area (Å²) in [5.41, 5.74) is 7.09. The Morgan fingerprint density at radius 3 is 2.75 bits per heavy atom. The number of nitrogens with zero attached hydrogens (tertiary/aromatic N) is 4. The molecule has 1 amide bonds. The number of para-hydroxylation sites is 1. The highest BCUT2D eigenvalue weighted by atomic mass is 16.5. The molecule has 5 aromatic rings. The van der Waals surface area contributed by atoms with E-state index in [-0.39, 0.29) is 0 Å². The maximum absolute atomic E-state index is 11.7. The molecule has 0 saturated heterocycles. The number of nitrogens with one attached hydrogen (secondary N) is 1. The average Bonchev–Trinajstić information content (AvgIpc) is 3.08. The van der Waals surface area contributed by atoms with Crippen LogP contribution in [0.3, 0.4) is 0 Å². The van der Waals surface area contributed by atoms with Gasteiger partial charge in [-0.3, -0.25) is 10.3 Å². The SMILES string of the molecule is COC(=O)Nc1nc2cc(-c3ccc4c(c3)CN(c3ccnc5ccccc35)CCO4)ccc2n1C. The van der Waals surface area contributed by atoms with E-state index in [4.69, 9.17) is 9.47 Å². The first-order valence-corrected chi connectivity index (χ1v) is 11.8. The number of methoxy groups -OCH3 is 1. The predicted molar refractivity (Wildman–Crippen MR) is 140 cm³/mol. The first-order valence-electron chi connectivity index (χ1n) is 11.8. The number of carbonyl (C=O) groups excluding carboxylic acids is 1. The summed E-state index contributed by atoms with van der Waals surface area (Å²) >= 11 is 0. The van der Waals surface area contributed by atoms with Gasteiger partial charge in [-0.2, -0.15) is 0 Å². The minimum Gasteiger partial charge on any atom is -0.491 e. The fourth-order valence-corrected chi connectivity index (χ4v) is 4.77. The molecular formula is C28H25N5O3. The molecule has 1 aliphatic rings. The van der Waals surface area contributed by atoms with Gasteiger partial charge in [0.25, 0.3) is 0 Å². The summed E-state index contributed by atoms with van der Waals surface area (Å²) in [5.74, 6) is 1.34. The van der Waals surface area contributed by atoms with Crippen molar-refractivity contribution in [2.75, 3.05) is 30.5 Å². The van der Waals surface area contributed by atoms with Gasteiger partial charge in [0.2, 0.25) is 5.95 Å². The molecule has 0 aliphatic carbocycles. The van der Waals surface area contributed by atoms with Gasteiger partial charge in [0.05, 0.1) is 30.2 Å². The van der Waals surface area contributed by atoms with Gasteiger partial charge in [-0.05, 0) is 47.5 Å². The highest BCUT2D eigenvalue weighted by molar-refractivity contribution is 5.92. The van der Waals surface area contributed by atoms with Crippen LogP contribution in [0.1, 0.15) is 5.56 Å². The number of amides is 1. The quantitative estimate of drug-likeness (QED) is 0.375. The fraction of sp³-hybridized carbons (Fsp3) is 0.179. The van der Waals surface area contributed by atoms with Gasteiger partial charge in [-0.15, -0.1) is 0 Å². The molecule has 8 nitrogen and oxygen atoms in total. The normalized spacial score (nSPS) is 13.2.